The largest absolute Gasteiger partial charge is 0.496 e. The van der Waals surface area contributed by atoms with Gasteiger partial charge < -0.3 is 20.5 Å². The van der Waals surface area contributed by atoms with Gasteiger partial charge in [-0.2, -0.15) is 0 Å². The fourth-order valence-corrected chi connectivity index (χ4v) is 1.59. The van der Waals surface area contributed by atoms with Crippen LogP contribution in [0, 0.1) is 0 Å². The number of nitrogens with two attached hydrogens (primary N) is 1. The van der Waals surface area contributed by atoms with E-state index in [0.717, 1.165) is 12.8 Å². The van der Waals surface area contributed by atoms with E-state index in [4.69, 9.17) is 15.2 Å². The van der Waals surface area contributed by atoms with Gasteiger partial charge in [-0.05, 0) is 31.0 Å². The first kappa shape index (κ1) is 13.2. The van der Waals surface area contributed by atoms with Crippen LogP contribution in [-0.2, 0) is 9.53 Å². The van der Waals surface area contributed by atoms with Crippen molar-refractivity contribution in [1.29, 1.82) is 0 Å². The van der Waals surface area contributed by atoms with Gasteiger partial charge in [0.2, 0.25) is 0 Å². The molecule has 2 rings (SSSR count). The summed E-state index contributed by atoms with van der Waals surface area (Å²) in [7, 11) is 1.45. The van der Waals surface area contributed by atoms with Crippen LogP contribution in [0.2, 0.25) is 0 Å². The van der Waals surface area contributed by atoms with Crippen molar-refractivity contribution in [3.8, 4) is 5.75 Å². The molecule has 6 nitrogen and oxygen atoms in total. The van der Waals surface area contributed by atoms with Crippen molar-refractivity contribution in [2.24, 2.45) is 0 Å². The average molecular weight is 264 g/mol. The molecule has 1 aromatic rings. The Kier molecular flexibility index (Phi) is 3.89. The molecule has 0 spiro atoms. The highest BCUT2D eigenvalue weighted by Gasteiger charge is 2.24. The van der Waals surface area contributed by atoms with Gasteiger partial charge in [0, 0.05) is 11.7 Å². The molecular formula is C13H16N2O4. The van der Waals surface area contributed by atoms with Crippen molar-refractivity contribution in [3.63, 3.8) is 0 Å². The fraction of sp³-hybridized carbons (Fsp3) is 0.385. The first-order chi connectivity index (χ1) is 9.10. The Morgan fingerprint density at radius 1 is 1.42 bits per heavy atom. The highest BCUT2D eigenvalue weighted by atomic mass is 16.5. The number of methoxy groups -OCH3 is 1. The van der Waals surface area contributed by atoms with E-state index in [0.29, 0.717) is 11.4 Å². The van der Waals surface area contributed by atoms with E-state index in [-0.39, 0.29) is 24.1 Å². The topological polar surface area (TPSA) is 90.7 Å². The monoisotopic (exact) mass is 264 g/mol. The molecule has 0 aliphatic heterocycles. The number of amides is 1. The second-order valence-corrected chi connectivity index (χ2v) is 4.38. The molecule has 0 bridgehead atoms. The Hall–Kier alpha value is -2.24. The first-order valence-corrected chi connectivity index (χ1v) is 6.00. The summed E-state index contributed by atoms with van der Waals surface area (Å²) < 4.78 is 9.98. The molecule has 0 saturated heterocycles. The lowest BCUT2D eigenvalue weighted by molar-refractivity contribution is -0.124. The van der Waals surface area contributed by atoms with Crippen molar-refractivity contribution < 1.29 is 19.1 Å². The van der Waals surface area contributed by atoms with E-state index >= 15 is 0 Å². The molecule has 0 heterocycles. The van der Waals surface area contributed by atoms with E-state index in [1.54, 1.807) is 12.1 Å². The summed E-state index contributed by atoms with van der Waals surface area (Å²) in [5.41, 5.74) is 6.24. The molecule has 6 heteroatoms. The van der Waals surface area contributed by atoms with E-state index in [9.17, 15) is 9.59 Å². The summed E-state index contributed by atoms with van der Waals surface area (Å²) in [6.07, 6.45) is 1.98. The smallest absolute Gasteiger partial charge is 0.342 e. The number of nitrogen functional groups attached to an aromatic ring is 1. The number of nitrogens with one attached hydrogen (secondary N) is 1. The van der Waals surface area contributed by atoms with E-state index in [1.165, 1.54) is 13.2 Å². The van der Waals surface area contributed by atoms with Crippen LogP contribution in [0.1, 0.15) is 23.2 Å². The number of esters is 1. The minimum atomic E-state index is -0.630. The number of carbonyl (C=O) groups excluding carboxylic acids is 2. The maximum atomic E-state index is 11.8. The summed E-state index contributed by atoms with van der Waals surface area (Å²) in [5, 5.41) is 2.73. The first-order valence-electron chi connectivity index (χ1n) is 6.00. The summed E-state index contributed by atoms with van der Waals surface area (Å²) in [5.74, 6) is -0.560. The molecule has 0 radical (unpaired) electrons. The molecule has 1 saturated carbocycles. The van der Waals surface area contributed by atoms with Crippen LogP contribution in [0.25, 0.3) is 0 Å². The van der Waals surface area contributed by atoms with E-state index in [1.807, 2.05) is 0 Å². The van der Waals surface area contributed by atoms with Crippen molar-refractivity contribution in [1.82, 2.24) is 5.32 Å². The van der Waals surface area contributed by atoms with Crippen LogP contribution in [0.5, 0.6) is 5.75 Å². The molecule has 1 aromatic carbocycles. The number of rotatable bonds is 5. The van der Waals surface area contributed by atoms with Gasteiger partial charge in [0.1, 0.15) is 11.3 Å². The predicted molar refractivity (Wildman–Crippen MR) is 68.9 cm³/mol. The maximum Gasteiger partial charge on any atom is 0.342 e. The standard InChI is InChI=1S/C13H16N2O4/c1-18-11-5-2-8(14)6-10(11)13(17)19-7-12(16)15-9-3-4-9/h2,5-6,9H,3-4,7,14H2,1H3,(H,15,16). The normalized spacial score (nSPS) is 13.7. The molecule has 0 atom stereocenters. The lowest BCUT2D eigenvalue weighted by Gasteiger charge is -2.09. The molecular weight excluding hydrogens is 248 g/mol. The molecule has 19 heavy (non-hydrogen) atoms. The zero-order valence-corrected chi connectivity index (χ0v) is 10.6. The molecule has 0 aromatic heterocycles. The van der Waals surface area contributed by atoms with Gasteiger partial charge in [0.15, 0.2) is 6.61 Å². The van der Waals surface area contributed by atoms with Gasteiger partial charge in [0.25, 0.3) is 5.91 Å². The quantitative estimate of drug-likeness (QED) is 0.604. The number of hydrogen-bond donors (Lipinski definition) is 2. The predicted octanol–water partition coefficient (Wildman–Crippen LogP) is 0.713. The Balaban J connectivity index is 1.94. The Labute approximate surface area is 110 Å². The van der Waals surface area contributed by atoms with E-state index in [2.05, 4.69) is 5.32 Å². The summed E-state index contributed by atoms with van der Waals surface area (Å²) in [6.45, 7) is -0.298. The van der Waals surface area contributed by atoms with Gasteiger partial charge in [0.05, 0.1) is 7.11 Å². The number of anilines is 1. The molecule has 1 aliphatic carbocycles. The van der Waals surface area contributed by atoms with Crippen molar-refractivity contribution >= 4 is 17.6 Å². The maximum absolute atomic E-state index is 11.8. The van der Waals surface area contributed by atoms with Gasteiger partial charge in [-0.25, -0.2) is 4.79 Å². The number of benzene rings is 1. The minimum absolute atomic E-state index is 0.210. The summed E-state index contributed by atoms with van der Waals surface area (Å²) >= 11 is 0. The second kappa shape index (κ2) is 5.60. The van der Waals surface area contributed by atoms with Crippen LogP contribution in [-0.4, -0.2) is 31.6 Å². The zero-order chi connectivity index (χ0) is 13.8. The Bertz CT molecular complexity index is 497. The molecule has 1 aliphatic rings. The third-order valence-corrected chi connectivity index (χ3v) is 2.72. The van der Waals surface area contributed by atoms with Crippen LogP contribution in [0.15, 0.2) is 18.2 Å². The lowest BCUT2D eigenvalue weighted by Crippen LogP contribution is -2.30. The Morgan fingerprint density at radius 2 is 2.16 bits per heavy atom. The lowest BCUT2D eigenvalue weighted by atomic mass is 10.2. The number of carbonyl (C=O) groups is 2. The molecule has 1 fully saturated rings. The number of hydrogen-bond acceptors (Lipinski definition) is 5. The van der Waals surface area contributed by atoms with Gasteiger partial charge in [-0.1, -0.05) is 0 Å². The number of ether oxygens (including phenoxy) is 2. The summed E-state index contributed by atoms with van der Waals surface area (Å²) in [6, 6.07) is 4.90. The SMILES string of the molecule is COc1ccc(N)cc1C(=O)OCC(=O)NC1CC1. The third kappa shape index (κ3) is 3.61. The molecule has 0 unspecified atom stereocenters. The van der Waals surface area contributed by atoms with Crippen LogP contribution < -0.4 is 15.8 Å². The van der Waals surface area contributed by atoms with Crippen molar-refractivity contribution in [3.05, 3.63) is 23.8 Å². The molecule has 1 amide bonds. The third-order valence-electron chi connectivity index (χ3n) is 2.72. The zero-order valence-electron chi connectivity index (χ0n) is 10.6. The van der Waals surface area contributed by atoms with Gasteiger partial charge in [-0.3, -0.25) is 4.79 Å². The van der Waals surface area contributed by atoms with Crippen LogP contribution >= 0.6 is 0 Å². The van der Waals surface area contributed by atoms with Gasteiger partial charge >= 0.3 is 5.97 Å². The van der Waals surface area contributed by atoms with E-state index < -0.39 is 5.97 Å². The Morgan fingerprint density at radius 3 is 2.79 bits per heavy atom. The summed E-state index contributed by atoms with van der Waals surface area (Å²) in [4.78, 5) is 23.3. The van der Waals surface area contributed by atoms with Crippen molar-refractivity contribution in [2.75, 3.05) is 19.5 Å². The minimum Gasteiger partial charge on any atom is -0.496 e. The highest BCUT2D eigenvalue weighted by Crippen LogP contribution is 2.22. The fourth-order valence-electron chi connectivity index (χ4n) is 1.59. The molecule has 3 N–H and O–H groups in total. The average Bonchev–Trinajstić information content (AvgIpc) is 3.19. The second-order valence-electron chi connectivity index (χ2n) is 4.38. The van der Waals surface area contributed by atoms with Gasteiger partial charge in [-0.15, -0.1) is 0 Å². The van der Waals surface area contributed by atoms with Crippen LogP contribution in [0.3, 0.4) is 0 Å². The molecule has 102 valence electrons. The van der Waals surface area contributed by atoms with Crippen molar-refractivity contribution in [2.45, 2.75) is 18.9 Å². The highest BCUT2D eigenvalue weighted by molar-refractivity contribution is 5.95. The van der Waals surface area contributed by atoms with Crippen LogP contribution in [0.4, 0.5) is 5.69 Å².